The van der Waals surface area contributed by atoms with E-state index in [1.165, 1.54) is 5.56 Å². The van der Waals surface area contributed by atoms with Crippen molar-refractivity contribution in [3.8, 4) is 5.75 Å². The van der Waals surface area contributed by atoms with E-state index < -0.39 is 0 Å². The standard InChI is InChI=1S/C24H28N2O2S/c1-17(2)13-26(24(27)20-9-5-18(3)6-10-20)14-21-16-29-23(25-21)15-28-22-11-7-19(4)8-12-22/h5-12,16-17H,13-15H2,1-4H3. The van der Waals surface area contributed by atoms with Gasteiger partial charge in [0.2, 0.25) is 0 Å². The van der Waals surface area contributed by atoms with E-state index in [0.717, 1.165) is 27.6 Å². The van der Waals surface area contributed by atoms with Crippen molar-refractivity contribution >= 4 is 17.2 Å². The Morgan fingerprint density at radius 3 is 2.28 bits per heavy atom. The van der Waals surface area contributed by atoms with E-state index in [9.17, 15) is 4.79 Å². The van der Waals surface area contributed by atoms with Crippen LogP contribution >= 0.6 is 11.3 Å². The van der Waals surface area contributed by atoms with E-state index in [1.807, 2.05) is 65.7 Å². The van der Waals surface area contributed by atoms with Crippen molar-refractivity contribution in [2.24, 2.45) is 5.92 Å². The molecule has 1 heterocycles. The highest BCUT2D eigenvalue weighted by molar-refractivity contribution is 7.09. The number of hydrogen-bond donors (Lipinski definition) is 0. The molecule has 0 atom stereocenters. The lowest BCUT2D eigenvalue weighted by Crippen LogP contribution is -2.33. The molecule has 0 N–H and O–H groups in total. The summed E-state index contributed by atoms with van der Waals surface area (Å²) in [6.07, 6.45) is 0. The zero-order chi connectivity index (χ0) is 20.8. The second kappa shape index (κ2) is 9.70. The van der Waals surface area contributed by atoms with Crippen LogP contribution in [0, 0.1) is 19.8 Å². The third kappa shape index (κ3) is 6.16. The van der Waals surface area contributed by atoms with E-state index in [0.29, 0.717) is 25.6 Å². The number of aromatic nitrogens is 1. The predicted molar refractivity (Wildman–Crippen MR) is 118 cm³/mol. The summed E-state index contributed by atoms with van der Waals surface area (Å²) < 4.78 is 5.83. The fraction of sp³-hybridized carbons (Fsp3) is 0.333. The van der Waals surface area contributed by atoms with Gasteiger partial charge in [0.25, 0.3) is 5.91 Å². The lowest BCUT2D eigenvalue weighted by molar-refractivity contribution is 0.0720. The molecule has 2 aromatic carbocycles. The number of nitrogens with zero attached hydrogens (tertiary/aromatic N) is 2. The van der Waals surface area contributed by atoms with Gasteiger partial charge in [0.1, 0.15) is 17.4 Å². The Bertz CT molecular complexity index is 930. The van der Waals surface area contributed by atoms with Crippen LogP contribution in [0.15, 0.2) is 53.9 Å². The Kier molecular flexibility index (Phi) is 7.04. The van der Waals surface area contributed by atoms with E-state index in [-0.39, 0.29) is 5.91 Å². The van der Waals surface area contributed by atoms with Crippen molar-refractivity contribution < 1.29 is 9.53 Å². The highest BCUT2D eigenvalue weighted by Gasteiger charge is 2.18. The molecule has 3 aromatic rings. The number of ether oxygens (including phenoxy) is 1. The number of amides is 1. The Morgan fingerprint density at radius 2 is 1.66 bits per heavy atom. The molecule has 0 aliphatic heterocycles. The van der Waals surface area contributed by atoms with Crippen molar-refractivity contribution in [3.05, 3.63) is 81.3 Å². The van der Waals surface area contributed by atoms with Crippen LogP contribution in [0.3, 0.4) is 0 Å². The summed E-state index contributed by atoms with van der Waals surface area (Å²) in [6, 6.07) is 15.7. The molecule has 5 heteroatoms. The Hall–Kier alpha value is -2.66. The van der Waals surface area contributed by atoms with Crippen LogP contribution in [-0.4, -0.2) is 22.3 Å². The van der Waals surface area contributed by atoms with E-state index in [2.05, 4.69) is 25.8 Å². The van der Waals surface area contributed by atoms with Gasteiger partial charge in [0.15, 0.2) is 0 Å². The largest absolute Gasteiger partial charge is 0.486 e. The average Bonchev–Trinajstić information content (AvgIpc) is 3.14. The van der Waals surface area contributed by atoms with Gasteiger partial charge in [-0.25, -0.2) is 4.98 Å². The Labute approximate surface area is 177 Å². The minimum atomic E-state index is 0.0455. The third-order valence-corrected chi connectivity index (χ3v) is 5.38. The van der Waals surface area contributed by atoms with Gasteiger partial charge in [-0.15, -0.1) is 11.3 Å². The number of aryl methyl sites for hydroxylation is 2. The summed E-state index contributed by atoms with van der Waals surface area (Å²) in [7, 11) is 0. The number of hydrogen-bond acceptors (Lipinski definition) is 4. The van der Waals surface area contributed by atoms with Crippen LogP contribution in [-0.2, 0) is 13.2 Å². The smallest absolute Gasteiger partial charge is 0.254 e. The highest BCUT2D eigenvalue weighted by Crippen LogP contribution is 2.18. The van der Waals surface area contributed by atoms with Crippen molar-refractivity contribution in [3.63, 3.8) is 0 Å². The second-order valence-electron chi connectivity index (χ2n) is 7.78. The van der Waals surface area contributed by atoms with Crippen molar-refractivity contribution in [1.29, 1.82) is 0 Å². The first-order valence-electron chi connectivity index (χ1n) is 9.89. The van der Waals surface area contributed by atoms with Crippen LogP contribution in [0.2, 0.25) is 0 Å². The summed E-state index contributed by atoms with van der Waals surface area (Å²) in [5.74, 6) is 1.26. The van der Waals surface area contributed by atoms with Crippen LogP contribution in [0.4, 0.5) is 0 Å². The van der Waals surface area contributed by atoms with Gasteiger partial charge >= 0.3 is 0 Å². The molecule has 29 heavy (non-hydrogen) atoms. The van der Waals surface area contributed by atoms with Gasteiger partial charge in [-0.2, -0.15) is 0 Å². The fourth-order valence-corrected chi connectivity index (χ4v) is 3.70. The summed E-state index contributed by atoms with van der Waals surface area (Å²) in [6.45, 7) is 9.96. The van der Waals surface area contributed by atoms with E-state index in [1.54, 1.807) is 11.3 Å². The van der Waals surface area contributed by atoms with Gasteiger partial charge in [-0.1, -0.05) is 49.2 Å². The molecule has 0 aliphatic rings. The van der Waals surface area contributed by atoms with Gasteiger partial charge < -0.3 is 9.64 Å². The SMILES string of the molecule is Cc1ccc(OCc2nc(CN(CC(C)C)C(=O)c3ccc(C)cc3)cs2)cc1. The molecule has 1 aromatic heterocycles. The molecule has 0 saturated carbocycles. The number of carbonyl (C=O) groups excluding carboxylic acids is 1. The summed E-state index contributed by atoms with van der Waals surface area (Å²) in [4.78, 5) is 19.6. The zero-order valence-electron chi connectivity index (χ0n) is 17.5. The Morgan fingerprint density at radius 1 is 1.03 bits per heavy atom. The predicted octanol–water partition coefficient (Wildman–Crippen LogP) is 5.64. The average molecular weight is 409 g/mol. The molecule has 0 radical (unpaired) electrons. The minimum absolute atomic E-state index is 0.0455. The molecule has 0 bridgehead atoms. The first kappa shape index (κ1) is 21.1. The Balaban J connectivity index is 1.65. The topological polar surface area (TPSA) is 42.4 Å². The highest BCUT2D eigenvalue weighted by atomic mass is 32.1. The van der Waals surface area contributed by atoms with E-state index in [4.69, 9.17) is 4.74 Å². The maximum atomic E-state index is 13.0. The molecule has 4 nitrogen and oxygen atoms in total. The molecular formula is C24H28N2O2S. The zero-order valence-corrected chi connectivity index (χ0v) is 18.3. The van der Waals surface area contributed by atoms with Gasteiger partial charge in [-0.3, -0.25) is 4.79 Å². The monoisotopic (exact) mass is 408 g/mol. The molecule has 0 saturated heterocycles. The van der Waals surface area contributed by atoms with Crippen molar-refractivity contribution in [2.75, 3.05) is 6.54 Å². The van der Waals surface area contributed by atoms with Gasteiger partial charge in [0, 0.05) is 17.5 Å². The molecule has 0 spiro atoms. The van der Waals surface area contributed by atoms with Crippen molar-refractivity contribution in [1.82, 2.24) is 9.88 Å². The number of thiazole rings is 1. The van der Waals surface area contributed by atoms with Crippen LogP contribution in [0.1, 0.15) is 46.0 Å². The molecule has 152 valence electrons. The summed E-state index contributed by atoms with van der Waals surface area (Å²) in [5.41, 5.74) is 3.97. The van der Waals surface area contributed by atoms with Crippen LogP contribution in [0.25, 0.3) is 0 Å². The molecular weight excluding hydrogens is 380 g/mol. The van der Waals surface area contributed by atoms with Gasteiger partial charge in [0.05, 0.1) is 12.2 Å². The maximum Gasteiger partial charge on any atom is 0.254 e. The number of carbonyl (C=O) groups is 1. The first-order valence-corrected chi connectivity index (χ1v) is 10.8. The lowest BCUT2D eigenvalue weighted by atomic mass is 10.1. The second-order valence-corrected chi connectivity index (χ2v) is 8.72. The third-order valence-electron chi connectivity index (χ3n) is 4.51. The number of rotatable bonds is 8. The molecule has 3 rings (SSSR count). The van der Waals surface area contributed by atoms with E-state index >= 15 is 0 Å². The quantitative estimate of drug-likeness (QED) is 0.484. The lowest BCUT2D eigenvalue weighted by Gasteiger charge is -2.24. The minimum Gasteiger partial charge on any atom is -0.486 e. The molecule has 1 amide bonds. The molecule has 0 fully saturated rings. The summed E-state index contributed by atoms with van der Waals surface area (Å²) in [5, 5.41) is 2.93. The van der Waals surface area contributed by atoms with Gasteiger partial charge in [-0.05, 0) is 44.0 Å². The van der Waals surface area contributed by atoms with Crippen LogP contribution in [0.5, 0.6) is 5.75 Å². The number of benzene rings is 2. The molecule has 0 aliphatic carbocycles. The van der Waals surface area contributed by atoms with Crippen LogP contribution < -0.4 is 4.74 Å². The normalized spacial score (nSPS) is 10.9. The first-order chi connectivity index (χ1) is 13.9. The molecule has 0 unspecified atom stereocenters. The maximum absolute atomic E-state index is 13.0. The summed E-state index contributed by atoms with van der Waals surface area (Å²) >= 11 is 1.57. The van der Waals surface area contributed by atoms with Crippen molar-refractivity contribution in [2.45, 2.75) is 40.8 Å². The fourth-order valence-electron chi connectivity index (χ4n) is 3.00.